The van der Waals surface area contributed by atoms with Gasteiger partial charge >= 0.3 is 0 Å². The first-order valence-electron chi connectivity index (χ1n) is 13.5. The highest BCUT2D eigenvalue weighted by molar-refractivity contribution is 6.25. The monoisotopic (exact) mass is 430 g/mol. The molecule has 0 aliphatic heterocycles. The van der Waals surface area contributed by atoms with Crippen molar-refractivity contribution in [1.82, 2.24) is 0 Å². The highest BCUT2D eigenvalue weighted by Gasteiger charge is 2.64. The van der Waals surface area contributed by atoms with Gasteiger partial charge in [-0.2, -0.15) is 0 Å². The van der Waals surface area contributed by atoms with Crippen LogP contribution in [0.4, 0.5) is 0 Å². The van der Waals surface area contributed by atoms with Gasteiger partial charge in [0, 0.05) is 12.5 Å². The van der Waals surface area contributed by atoms with Crippen molar-refractivity contribution < 1.29 is 15.0 Å². The predicted octanol–water partition coefficient (Wildman–Crippen LogP) is 4.65. The number of aliphatic hydroxyl groups is 2. The summed E-state index contributed by atoms with van der Waals surface area (Å²) in [4.78, 5) is 13.6. The minimum Gasteiger partial charge on any atom is -0.396 e. The summed E-state index contributed by atoms with van der Waals surface area (Å²) in [6, 6.07) is 0. The molecule has 3 nitrogen and oxygen atoms in total. The maximum Gasteiger partial charge on any atom is 0.132 e. The molecule has 0 saturated heterocycles. The van der Waals surface area contributed by atoms with Crippen LogP contribution in [0.15, 0.2) is 0 Å². The minimum atomic E-state index is -0.273. The Hall–Kier alpha value is -0.345. The van der Waals surface area contributed by atoms with Crippen LogP contribution in [0.5, 0.6) is 0 Å². The van der Waals surface area contributed by atoms with Gasteiger partial charge in [0.2, 0.25) is 0 Å². The Balaban J connectivity index is 1.52. The van der Waals surface area contributed by atoms with Crippen molar-refractivity contribution in [3.8, 4) is 0 Å². The van der Waals surface area contributed by atoms with Crippen LogP contribution < -0.4 is 0 Å². The Morgan fingerprint density at radius 2 is 1.71 bits per heavy atom. The van der Waals surface area contributed by atoms with Crippen LogP contribution in [-0.2, 0) is 4.79 Å². The zero-order valence-electron chi connectivity index (χ0n) is 20.8. The topological polar surface area (TPSA) is 57.5 Å². The van der Waals surface area contributed by atoms with E-state index in [1.807, 2.05) is 0 Å². The van der Waals surface area contributed by atoms with Gasteiger partial charge < -0.3 is 10.2 Å². The van der Waals surface area contributed by atoms with Crippen molar-refractivity contribution in [2.24, 2.45) is 52.3 Å². The third-order valence-electron chi connectivity index (χ3n) is 11.3. The zero-order valence-corrected chi connectivity index (χ0v) is 20.8. The third kappa shape index (κ3) is 3.86. The molecule has 2 N–H and O–H groups in total. The van der Waals surface area contributed by atoms with Gasteiger partial charge in [-0.25, -0.2) is 0 Å². The molecule has 0 radical (unpaired) electrons. The quantitative estimate of drug-likeness (QED) is 0.603. The molecule has 0 bridgehead atoms. The van der Waals surface area contributed by atoms with Gasteiger partial charge in [0.25, 0.3) is 0 Å². The van der Waals surface area contributed by atoms with E-state index in [-0.39, 0.29) is 23.3 Å². The van der Waals surface area contributed by atoms with E-state index in [1.165, 1.54) is 38.5 Å². The average molecular weight is 430 g/mol. The predicted molar refractivity (Wildman–Crippen MR) is 129 cm³/mol. The maximum atomic E-state index is 13.6. The zero-order chi connectivity index (χ0) is 22.6. The van der Waals surface area contributed by atoms with Gasteiger partial charge in [0.05, 0.1) is 6.10 Å². The number of carbonyl (C=O) groups is 1. The number of aliphatic hydroxyl groups excluding tert-OH is 2. The Labute approximate surface area is 191 Å². The normalized spacial score (nSPS) is 49.1. The molecule has 4 heteroatoms. The number of rotatable bonds is 6. The lowest BCUT2D eigenvalue weighted by atomic mass is 9.39. The Kier molecular flexibility index (Phi) is 6.74. The number of hydrogen-bond donors (Lipinski definition) is 2. The van der Waals surface area contributed by atoms with E-state index >= 15 is 0 Å². The number of hydrogen-bond acceptors (Lipinski definition) is 3. The molecular weight excluding hydrogens is 383 g/mol. The number of ketones is 1. The first-order chi connectivity index (χ1) is 14.6. The van der Waals surface area contributed by atoms with E-state index < -0.39 is 0 Å². The van der Waals surface area contributed by atoms with Gasteiger partial charge in [-0.3, -0.25) is 4.79 Å². The Morgan fingerprint density at radius 1 is 1.03 bits per heavy atom. The molecule has 4 aliphatic carbocycles. The molecule has 0 heterocycles. The lowest BCUT2D eigenvalue weighted by molar-refractivity contribution is -0.159. The maximum absolute atomic E-state index is 13.6. The summed E-state index contributed by atoms with van der Waals surface area (Å²) >= 11 is 0. The minimum absolute atomic E-state index is 0.0847. The fourth-order valence-corrected chi connectivity index (χ4v) is 9.42. The van der Waals surface area contributed by atoms with Crippen molar-refractivity contribution >= 4 is 13.6 Å². The van der Waals surface area contributed by atoms with Gasteiger partial charge in [-0.05, 0) is 104 Å². The summed E-state index contributed by atoms with van der Waals surface area (Å²) in [6.45, 7) is 9.92. The van der Waals surface area contributed by atoms with E-state index in [2.05, 4.69) is 35.5 Å². The molecule has 4 fully saturated rings. The molecule has 31 heavy (non-hydrogen) atoms. The Morgan fingerprint density at radius 3 is 2.42 bits per heavy atom. The van der Waals surface area contributed by atoms with Crippen LogP contribution in [0.25, 0.3) is 0 Å². The molecule has 4 aliphatic rings. The van der Waals surface area contributed by atoms with E-state index in [4.69, 9.17) is 0 Å². The average Bonchev–Trinajstić information content (AvgIpc) is 3.10. The second-order valence-corrected chi connectivity index (χ2v) is 12.9. The number of Topliss-reactive ketones (excluding diaryl/α,β-unsaturated/α-hetero) is 1. The van der Waals surface area contributed by atoms with Crippen LogP contribution in [0, 0.1) is 52.3 Å². The van der Waals surface area contributed by atoms with Crippen LogP contribution >= 0.6 is 0 Å². The summed E-state index contributed by atoms with van der Waals surface area (Å²) in [6.07, 6.45) is 11.2. The first-order valence-corrected chi connectivity index (χ1v) is 13.5. The van der Waals surface area contributed by atoms with Gasteiger partial charge in [-0.15, -0.1) is 0 Å². The smallest absolute Gasteiger partial charge is 0.132 e. The molecule has 4 rings (SSSR count). The molecule has 0 aromatic carbocycles. The van der Waals surface area contributed by atoms with E-state index in [0.29, 0.717) is 47.9 Å². The van der Waals surface area contributed by atoms with E-state index in [9.17, 15) is 15.0 Å². The molecule has 6 unspecified atom stereocenters. The largest absolute Gasteiger partial charge is 0.396 e. The lowest BCUT2D eigenvalue weighted by Gasteiger charge is -2.62. The first kappa shape index (κ1) is 23.8. The van der Waals surface area contributed by atoms with Crippen molar-refractivity contribution in [3.05, 3.63) is 0 Å². The van der Waals surface area contributed by atoms with Crippen LogP contribution in [0.1, 0.15) is 91.9 Å². The molecule has 0 aromatic rings. The lowest BCUT2D eigenvalue weighted by Crippen LogP contribution is -2.59. The Bertz CT molecular complexity index is 667. The molecule has 4 saturated carbocycles. The van der Waals surface area contributed by atoms with Crippen molar-refractivity contribution in [2.75, 3.05) is 6.61 Å². The fourth-order valence-electron chi connectivity index (χ4n) is 9.42. The second-order valence-electron chi connectivity index (χ2n) is 12.9. The van der Waals surface area contributed by atoms with Gasteiger partial charge in [0.1, 0.15) is 13.6 Å². The molecule has 176 valence electrons. The second kappa shape index (κ2) is 8.78. The number of fused-ring (bicyclic) bond motifs is 5. The highest BCUT2D eigenvalue weighted by Crippen LogP contribution is 2.69. The molecular formula is C27H47BO3. The molecule has 0 amide bonds. The fraction of sp³-hybridized carbons (Fsp3) is 0.963. The summed E-state index contributed by atoms with van der Waals surface area (Å²) in [5.41, 5.74) is 0.494. The summed E-state index contributed by atoms with van der Waals surface area (Å²) in [5.74, 6) is 4.57. The van der Waals surface area contributed by atoms with Gasteiger partial charge in [-0.1, -0.05) is 40.5 Å². The van der Waals surface area contributed by atoms with Crippen LogP contribution in [-0.4, -0.2) is 36.6 Å². The molecule has 11 atom stereocenters. The standard InChI is InChI=1S/C27H47BO3/c1-16(15-29)6-5-7-17(2)19-8-9-20-23-21(11-13-26(19,20)3)27(4)12-10-18(30)14-22(27)25(31)24(23)28/h16-24,29-30H,5-15,28H2,1-4H3/t16?,17-,18+,19?,20?,21?,22-,23?,24?,26-,27-/m1/s1. The SMILES string of the molecule is BC1C(=O)[C@H]2C[C@@H](O)CC[C@]2(C)C2CC[C@@]3(C)C(CCC3[C@H](C)CCCC(C)CO)C12. The van der Waals surface area contributed by atoms with Crippen molar-refractivity contribution in [2.45, 2.75) is 104 Å². The van der Waals surface area contributed by atoms with E-state index in [0.717, 1.165) is 31.1 Å². The van der Waals surface area contributed by atoms with Gasteiger partial charge in [0.15, 0.2) is 0 Å². The molecule has 0 spiro atoms. The van der Waals surface area contributed by atoms with Crippen LogP contribution in [0.3, 0.4) is 0 Å². The number of carbonyl (C=O) groups excluding carboxylic acids is 1. The summed E-state index contributed by atoms with van der Waals surface area (Å²) in [5, 5.41) is 19.6. The van der Waals surface area contributed by atoms with E-state index in [1.54, 1.807) is 0 Å². The van der Waals surface area contributed by atoms with Crippen molar-refractivity contribution in [1.29, 1.82) is 0 Å². The summed E-state index contributed by atoms with van der Waals surface area (Å²) in [7, 11) is 2.24. The van der Waals surface area contributed by atoms with Crippen LogP contribution in [0.2, 0.25) is 5.82 Å². The van der Waals surface area contributed by atoms with Crippen molar-refractivity contribution in [3.63, 3.8) is 0 Å². The molecule has 0 aromatic heterocycles. The third-order valence-corrected chi connectivity index (χ3v) is 11.3. The highest BCUT2D eigenvalue weighted by atomic mass is 16.3. The summed E-state index contributed by atoms with van der Waals surface area (Å²) < 4.78 is 0.